The fourth-order valence-corrected chi connectivity index (χ4v) is 4.02. The number of cyclic esters (lactones) is 1. The molecule has 1 atom stereocenters. The van der Waals surface area contributed by atoms with E-state index in [1.807, 2.05) is 78.9 Å². The Labute approximate surface area is 177 Å². The molecule has 0 aromatic heterocycles. The number of esters is 1. The first-order valence-electron chi connectivity index (χ1n) is 10.1. The molecule has 0 radical (unpaired) electrons. The summed E-state index contributed by atoms with van der Waals surface area (Å²) in [6, 6.07) is 29.3. The number of hydrogen-bond donors (Lipinski definition) is 1. The first-order valence-corrected chi connectivity index (χ1v) is 10.1. The zero-order valence-electron chi connectivity index (χ0n) is 17.0. The van der Waals surface area contributed by atoms with Crippen molar-refractivity contribution in [1.82, 2.24) is 0 Å². The maximum absolute atomic E-state index is 13.1. The second-order valence-electron chi connectivity index (χ2n) is 7.60. The number of aliphatic hydroxyl groups is 1. The molecule has 0 saturated carbocycles. The molecule has 1 unspecified atom stereocenters. The summed E-state index contributed by atoms with van der Waals surface area (Å²) < 4.78 is 6.11. The molecule has 30 heavy (non-hydrogen) atoms. The molecule has 1 N–H and O–H groups in total. The lowest BCUT2D eigenvalue weighted by molar-refractivity contribution is -0.161. The molecule has 0 saturated heterocycles. The standard InChI is InChI=1S/C26H25NO3/c1-27(22-15-9-4-10-16-22)24-23(28)19-26(30-25(24)29,21-13-7-3-8-14-21)18-17-20-11-5-2-6-12-20/h2-16,28H,17-19H2,1H3. The van der Waals surface area contributed by atoms with Crippen molar-refractivity contribution in [3.05, 3.63) is 114 Å². The van der Waals surface area contributed by atoms with Gasteiger partial charge in [-0.15, -0.1) is 0 Å². The minimum atomic E-state index is -0.903. The maximum atomic E-state index is 13.1. The fourth-order valence-electron chi connectivity index (χ4n) is 4.02. The highest BCUT2D eigenvalue weighted by molar-refractivity contribution is 5.94. The molecule has 1 aliphatic rings. The van der Waals surface area contributed by atoms with Gasteiger partial charge in [-0.05, 0) is 36.1 Å². The third-order valence-electron chi connectivity index (χ3n) is 5.65. The molecular formula is C26H25NO3. The van der Waals surface area contributed by atoms with Gasteiger partial charge >= 0.3 is 5.97 Å². The van der Waals surface area contributed by atoms with Crippen LogP contribution >= 0.6 is 0 Å². The third kappa shape index (κ3) is 3.94. The minimum absolute atomic E-state index is 0.0505. The number of anilines is 1. The van der Waals surface area contributed by atoms with Gasteiger partial charge in [0.05, 0.1) is 6.42 Å². The van der Waals surface area contributed by atoms with Crippen molar-refractivity contribution in [3.63, 3.8) is 0 Å². The van der Waals surface area contributed by atoms with Crippen LogP contribution in [-0.4, -0.2) is 18.1 Å². The number of likely N-dealkylation sites (N-methyl/N-ethyl adjacent to an activating group) is 1. The number of nitrogens with zero attached hydrogens (tertiary/aromatic N) is 1. The average molecular weight is 399 g/mol. The van der Waals surface area contributed by atoms with E-state index in [1.165, 1.54) is 5.56 Å². The topological polar surface area (TPSA) is 49.8 Å². The number of carbonyl (C=O) groups is 1. The normalized spacial score (nSPS) is 18.8. The van der Waals surface area contributed by atoms with Crippen LogP contribution in [0.5, 0.6) is 0 Å². The largest absolute Gasteiger partial charge is 0.510 e. The van der Waals surface area contributed by atoms with Crippen molar-refractivity contribution < 1.29 is 14.6 Å². The van der Waals surface area contributed by atoms with Crippen molar-refractivity contribution in [2.75, 3.05) is 11.9 Å². The molecule has 0 aliphatic carbocycles. The van der Waals surface area contributed by atoms with Crippen LogP contribution in [0.3, 0.4) is 0 Å². The average Bonchev–Trinajstić information content (AvgIpc) is 2.79. The Morgan fingerprint density at radius 3 is 2.07 bits per heavy atom. The third-order valence-corrected chi connectivity index (χ3v) is 5.65. The van der Waals surface area contributed by atoms with E-state index >= 15 is 0 Å². The summed E-state index contributed by atoms with van der Waals surface area (Å²) in [6.45, 7) is 0. The van der Waals surface area contributed by atoms with Crippen molar-refractivity contribution >= 4 is 11.7 Å². The Morgan fingerprint density at radius 1 is 0.900 bits per heavy atom. The summed E-state index contributed by atoms with van der Waals surface area (Å²) in [7, 11) is 1.77. The smallest absolute Gasteiger partial charge is 0.359 e. The van der Waals surface area contributed by atoms with E-state index in [0.717, 1.165) is 17.7 Å². The number of para-hydroxylation sites is 1. The summed E-state index contributed by atoms with van der Waals surface area (Å²) in [5.74, 6) is -0.462. The van der Waals surface area contributed by atoms with Gasteiger partial charge in [0.1, 0.15) is 11.4 Å². The lowest BCUT2D eigenvalue weighted by Gasteiger charge is -2.39. The Morgan fingerprint density at radius 2 is 1.47 bits per heavy atom. The van der Waals surface area contributed by atoms with E-state index < -0.39 is 11.6 Å². The van der Waals surface area contributed by atoms with Crippen molar-refractivity contribution in [2.24, 2.45) is 0 Å². The van der Waals surface area contributed by atoms with Crippen LogP contribution in [-0.2, 0) is 21.6 Å². The number of hydrogen-bond acceptors (Lipinski definition) is 4. The lowest BCUT2D eigenvalue weighted by Crippen LogP contribution is -2.42. The van der Waals surface area contributed by atoms with Gasteiger partial charge in [0.2, 0.25) is 0 Å². The first-order chi connectivity index (χ1) is 14.6. The monoisotopic (exact) mass is 399 g/mol. The van der Waals surface area contributed by atoms with E-state index in [-0.39, 0.29) is 17.9 Å². The molecule has 3 aromatic rings. The van der Waals surface area contributed by atoms with Gasteiger partial charge in [-0.2, -0.15) is 0 Å². The summed E-state index contributed by atoms with van der Waals surface area (Å²) in [6.07, 6.45) is 1.56. The highest BCUT2D eigenvalue weighted by Gasteiger charge is 2.44. The van der Waals surface area contributed by atoms with Crippen LogP contribution in [0.1, 0.15) is 24.0 Å². The molecule has 0 spiro atoms. The summed E-state index contributed by atoms with van der Waals surface area (Å²) in [4.78, 5) is 14.8. The van der Waals surface area contributed by atoms with Crippen LogP contribution in [0, 0.1) is 0 Å². The number of rotatable bonds is 6. The molecule has 3 aromatic carbocycles. The van der Waals surface area contributed by atoms with Gasteiger partial charge in [-0.3, -0.25) is 0 Å². The first kappa shape index (κ1) is 19.8. The highest BCUT2D eigenvalue weighted by atomic mass is 16.6. The predicted octanol–water partition coefficient (Wildman–Crippen LogP) is 5.37. The number of carbonyl (C=O) groups excluding carboxylic acids is 1. The van der Waals surface area contributed by atoms with E-state index in [4.69, 9.17) is 4.74 Å². The molecule has 0 amide bonds. The van der Waals surface area contributed by atoms with Gasteiger partial charge in [0, 0.05) is 12.7 Å². The van der Waals surface area contributed by atoms with Gasteiger partial charge in [-0.25, -0.2) is 4.79 Å². The van der Waals surface area contributed by atoms with Crippen LogP contribution in [0.2, 0.25) is 0 Å². The lowest BCUT2D eigenvalue weighted by atomic mass is 9.82. The Kier molecular flexibility index (Phi) is 5.57. The molecule has 4 nitrogen and oxygen atoms in total. The van der Waals surface area contributed by atoms with Gasteiger partial charge in [0.25, 0.3) is 0 Å². The minimum Gasteiger partial charge on any atom is -0.510 e. The van der Waals surface area contributed by atoms with Crippen LogP contribution in [0.4, 0.5) is 5.69 Å². The maximum Gasteiger partial charge on any atom is 0.359 e. The number of benzene rings is 3. The number of aliphatic hydroxyl groups excluding tert-OH is 1. The molecule has 4 heteroatoms. The molecule has 152 valence electrons. The van der Waals surface area contributed by atoms with Crippen molar-refractivity contribution in [1.29, 1.82) is 0 Å². The van der Waals surface area contributed by atoms with Crippen molar-refractivity contribution in [3.8, 4) is 0 Å². The summed E-state index contributed by atoms with van der Waals surface area (Å²) in [5.41, 5.74) is 2.15. The molecular weight excluding hydrogens is 374 g/mol. The van der Waals surface area contributed by atoms with Gasteiger partial charge in [-0.1, -0.05) is 78.9 Å². The Balaban J connectivity index is 1.68. The van der Waals surface area contributed by atoms with Gasteiger partial charge in [0.15, 0.2) is 5.70 Å². The molecule has 1 heterocycles. The van der Waals surface area contributed by atoms with Crippen molar-refractivity contribution in [2.45, 2.75) is 24.9 Å². The van der Waals surface area contributed by atoms with E-state index in [2.05, 4.69) is 12.1 Å². The zero-order chi connectivity index (χ0) is 21.0. The fraction of sp³-hybridized carbons (Fsp3) is 0.192. The van der Waals surface area contributed by atoms with Crippen LogP contribution in [0.15, 0.2) is 102 Å². The zero-order valence-corrected chi connectivity index (χ0v) is 17.0. The Hall–Kier alpha value is -3.53. The SMILES string of the molecule is CN(C1=C(O)CC(CCc2ccccc2)(c2ccccc2)OC1=O)c1ccccc1. The molecule has 1 aliphatic heterocycles. The van der Waals surface area contributed by atoms with Crippen LogP contribution < -0.4 is 4.90 Å². The summed E-state index contributed by atoms with van der Waals surface area (Å²) in [5, 5.41) is 11.0. The molecule has 0 fully saturated rings. The van der Waals surface area contributed by atoms with E-state index in [0.29, 0.717) is 6.42 Å². The predicted molar refractivity (Wildman–Crippen MR) is 118 cm³/mol. The van der Waals surface area contributed by atoms with Crippen LogP contribution in [0.25, 0.3) is 0 Å². The molecule has 0 bridgehead atoms. The Bertz CT molecular complexity index is 1030. The number of aryl methyl sites for hydroxylation is 1. The summed E-state index contributed by atoms with van der Waals surface area (Å²) >= 11 is 0. The molecule has 4 rings (SSSR count). The van der Waals surface area contributed by atoms with E-state index in [1.54, 1.807) is 11.9 Å². The second-order valence-corrected chi connectivity index (χ2v) is 7.60. The van der Waals surface area contributed by atoms with E-state index in [9.17, 15) is 9.90 Å². The highest BCUT2D eigenvalue weighted by Crippen LogP contribution is 2.42. The quantitative estimate of drug-likeness (QED) is 0.566. The second kappa shape index (κ2) is 8.46. The number of ether oxygens (including phenoxy) is 1. The van der Waals surface area contributed by atoms with Gasteiger partial charge < -0.3 is 14.7 Å².